The molecule has 19 heavy (non-hydrogen) atoms. The molecule has 0 aromatic heterocycles. The lowest BCUT2D eigenvalue weighted by atomic mass is 10.0. The van der Waals surface area contributed by atoms with Crippen molar-refractivity contribution in [2.45, 2.75) is 32.2 Å². The number of likely N-dealkylation sites (tertiary alicyclic amines) is 1. The van der Waals surface area contributed by atoms with E-state index in [1.54, 1.807) is 0 Å². The van der Waals surface area contributed by atoms with Crippen LogP contribution in [0.4, 0.5) is 10.4 Å². The third-order valence-electron chi connectivity index (χ3n) is 3.66. The second-order valence-electron chi connectivity index (χ2n) is 4.99. The standard InChI is InChI=1S/C15H22N2O.FH/c1-3-15(18)17(13-7-5-4-6-8-13)14-9-11-16(2)12-10-14;/h4-8,14H,3,9-12H2,1-2H3;1H. The molecule has 2 rings (SSSR count). The highest BCUT2D eigenvalue weighted by atomic mass is 19.0. The first-order valence-electron chi connectivity index (χ1n) is 6.78. The van der Waals surface area contributed by atoms with Crippen molar-refractivity contribution in [3.05, 3.63) is 30.3 Å². The molecular weight excluding hydrogens is 243 g/mol. The Morgan fingerprint density at radius 2 is 1.84 bits per heavy atom. The van der Waals surface area contributed by atoms with Crippen molar-refractivity contribution in [3.8, 4) is 0 Å². The van der Waals surface area contributed by atoms with E-state index in [1.807, 2.05) is 42.2 Å². The zero-order valence-electron chi connectivity index (χ0n) is 11.7. The number of nitrogens with zero attached hydrogens (tertiary/aromatic N) is 2. The van der Waals surface area contributed by atoms with Crippen molar-refractivity contribution in [3.63, 3.8) is 0 Å². The van der Waals surface area contributed by atoms with Crippen LogP contribution in [0.1, 0.15) is 26.2 Å². The fourth-order valence-electron chi connectivity index (χ4n) is 2.57. The minimum Gasteiger partial charge on any atom is -0.309 e. The number of hydrogen-bond donors (Lipinski definition) is 0. The summed E-state index contributed by atoms with van der Waals surface area (Å²) in [5, 5.41) is 0. The predicted molar refractivity (Wildman–Crippen MR) is 77.2 cm³/mol. The van der Waals surface area contributed by atoms with E-state index in [0.717, 1.165) is 31.6 Å². The van der Waals surface area contributed by atoms with Gasteiger partial charge in [-0.1, -0.05) is 25.1 Å². The van der Waals surface area contributed by atoms with E-state index < -0.39 is 0 Å². The van der Waals surface area contributed by atoms with Crippen LogP contribution in [0.25, 0.3) is 0 Å². The van der Waals surface area contributed by atoms with Crippen LogP contribution in [0, 0.1) is 0 Å². The van der Waals surface area contributed by atoms with Crippen LogP contribution < -0.4 is 4.90 Å². The van der Waals surface area contributed by atoms with Crippen LogP contribution in [-0.2, 0) is 4.79 Å². The van der Waals surface area contributed by atoms with Crippen LogP contribution in [0.15, 0.2) is 30.3 Å². The predicted octanol–water partition coefficient (Wildman–Crippen LogP) is 2.68. The minimum atomic E-state index is 0. The summed E-state index contributed by atoms with van der Waals surface area (Å²) in [5.74, 6) is 0.232. The van der Waals surface area contributed by atoms with Gasteiger partial charge in [-0.3, -0.25) is 9.50 Å². The maximum absolute atomic E-state index is 12.2. The van der Waals surface area contributed by atoms with Gasteiger partial charge in [0.1, 0.15) is 0 Å². The van der Waals surface area contributed by atoms with Crippen molar-refractivity contribution in [1.82, 2.24) is 4.90 Å². The summed E-state index contributed by atoms with van der Waals surface area (Å²) in [6, 6.07) is 10.4. The number of benzene rings is 1. The van der Waals surface area contributed by atoms with Crippen LogP contribution in [0.3, 0.4) is 0 Å². The second-order valence-corrected chi connectivity index (χ2v) is 4.99. The Morgan fingerprint density at radius 3 is 2.37 bits per heavy atom. The van der Waals surface area contributed by atoms with Crippen molar-refractivity contribution < 1.29 is 9.50 Å². The van der Waals surface area contributed by atoms with Crippen LogP contribution in [-0.4, -0.2) is 37.0 Å². The Morgan fingerprint density at radius 1 is 1.26 bits per heavy atom. The van der Waals surface area contributed by atoms with E-state index in [2.05, 4.69) is 11.9 Å². The van der Waals surface area contributed by atoms with E-state index in [-0.39, 0.29) is 10.6 Å². The molecule has 1 aromatic rings. The van der Waals surface area contributed by atoms with E-state index in [9.17, 15) is 4.79 Å². The van der Waals surface area contributed by atoms with Gasteiger partial charge in [0.2, 0.25) is 5.91 Å². The Labute approximate surface area is 114 Å². The third kappa shape index (κ3) is 3.77. The molecule has 106 valence electrons. The molecule has 1 heterocycles. The third-order valence-corrected chi connectivity index (χ3v) is 3.66. The normalized spacial score (nSPS) is 16.7. The molecule has 1 fully saturated rings. The van der Waals surface area contributed by atoms with E-state index >= 15 is 0 Å². The number of piperidine rings is 1. The van der Waals surface area contributed by atoms with E-state index in [0.29, 0.717) is 12.5 Å². The molecule has 0 saturated carbocycles. The minimum absolute atomic E-state index is 0. The summed E-state index contributed by atoms with van der Waals surface area (Å²) < 4.78 is 0. The SMILES string of the molecule is CCC(=O)N(c1ccccc1)C1CCN(C)CC1.F. The van der Waals surface area contributed by atoms with Crippen LogP contribution >= 0.6 is 0 Å². The van der Waals surface area contributed by atoms with Crippen molar-refractivity contribution >= 4 is 11.6 Å². The molecule has 0 spiro atoms. The quantitative estimate of drug-likeness (QED) is 0.839. The summed E-state index contributed by atoms with van der Waals surface area (Å²) in [5.41, 5.74) is 1.04. The maximum Gasteiger partial charge on any atom is 0.226 e. The average Bonchev–Trinajstić information content (AvgIpc) is 2.42. The van der Waals surface area contributed by atoms with Gasteiger partial charge in [0.25, 0.3) is 0 Å². The second kappa shape index (κ2) is 7.24. The molecule has 0 unspecified atom stereocenters. The van der Waals surface area contributed by atoms with Gasteiger partial charge in [0.05, 0.1) is 0 Å². The number of carbonyl (C=O) groups excluding carboxylic acids is 1. The fraction of sp³-hybridized carbons (Fsp3) is 0.533. The van der Waals surface area contributed by atoms with Gasteiger partial charge in [-0.2, -0.15) is 0 Å². The Balaban J connectivity index is 0.00000180. The molecule has 0 N–H and O–H groups in total. The average molecular weight is 266 g/mol. The summed E-state index contributed by atoms with van der Waals surface area (Å²) in [6.07, 6.45) is 2.70. The Bertz CT molecular complexity index is 388. The highest BCUT2D eigenvalue weighted by molar-refractivity contribution is 5.93. The molecule has 0 atom stereocenters. The van der Waals surface area contributed by atoms with Crippen LogP contribution in [0.5, 0.6) is 0 Å². The number of halogens is 1. The molecule has 0 radical (unpaired) electrons. The van der Waals surface area contributed by atoms with Gasteiger partial charge in [-0.05, 0) is 45.1 Å². The molecule has 1 amide bonds. The van der Waals surface area contributed by atoms with Gasteiger partial charge < -0.3 is 9.80 Å². The van der Waals surface area contributed by atoms with Crippen molar-refractivity contribution in [1.29, 1.82) is 0 Å². The van der Waals surface area contributed by atoms with Gasteiger partial charge in [-0.25, -0.2) is 0 Å². The smallest absolute Gasteiger partial charge is 0.226 e. The number of anilines is 1. The number of carbonyl (C=O) groups is 1. The number of amides is 1. The molecule has 0 bridgehead atoms. The van der Waals surface area contributed by atoms with Gasteiger partial charge in [0, 0.05) is 18.2 Å². The van der Waals surface area contributed by atoms with Crippen molar-refractivity contribution in [2.75, 3.05) is 25.0 Å². The first-order chi connectivity index (χ1) is 8.72. The summed E-state index contributed by atoms with van der Waals surface area (Å²) in [6.45, 7) is 4.09. The van der Waals surface area contributed by atoms with E-state index in [1.165, 1.54) is 0 Å². The highest BCUT2D eigenvalue weighted by Crippen LogP contribution is 2.23. The van der Waals surface area contributed by atoms with E-state index in [4.69, 9.17) is 0 Å². The molecule has 3 nitrogen and oxygen atoms in total. The maximum atomic E-state index is 12.2. The summed E-state index contributed by atoms with van der Waals surface area (Å²) in [7, 11) is 2.14. The molecule has 0 aliphatic carbocycles. The van der Waals surface area contributed by atoms with Crippen LogP contribution in [0.2, 0.25) is 0 Å². The molecule has 1 aromatic carbocycles. The monoisotopic (exact) mass is 266 g/mol. The summed E-state index contributed by atoms with van der Waals surface area (Å²) >= 11 is 0. The molecular formula is C15H23FN2O. The Hall–Kier alpha value is -1.42. The lowest BCUT2D eigenvalue weighted by Gasteiger charge is -2.37. The lowest BCUT2D eigenvalue weighted by molar-refractivity contribution is -0.119. The first-order valence-corrected chi connectivity index (χ1v) is 6.78. The number of hydrogen-bond acceptors (Lipinski definition) is 2. The zero-order chi connectivity index (χ0) is 13.0. The Kier molecular flexibility index (Phi) is 5.96. The molecule has 1 aliphatic rings. The zero-order valence-corrected chi connectivity index (χ0v) is 11.7. The highest BCUT2D eigenvalue weighted by Gasteiger charge is 2.26. The molecule has 1 saturated heterocycles. The lowest BCUT2D eigenvalue weighted by Crippen LogP contribution is -2.46. The molecule has 1 aliphatic heterocycles. The first kappa shape index (κ1) is 15.6. The number of rotatable bonds is 3. The fourth-order valence-corrected chi connectivity index (χ4v) is 2.57. The largest absolute Gasteiger partial charge is 0.309 e. The summed E-state index contributed by atoms with van der Waals surface area (Å²) in [4.78, 5) is 16.5. The van der Waals surface area contributed by atoms with Gasteiger partial charge in [-0.15, -0.1) is 0 Å². The van der Waals surface area contributed by atoms with Gasteiger partial charge >= 0.3 is 0 Å². The topological polar surface area (TPSA) is 23.6 Å². The molecule has 4 heteroatoms. The number of para-hydroxylation sites is 1. The van der Waals surface area contributed by atoms with Gasteiger partial charge in [0.15, 0.2) is 0 Å². The van der Waals surface area contributed by atoms with Crippen molar-refractivity contribution in [2.24, 2.45) is 0 Å².